The highest BCUT2D eigenvalue weighted by atomic mass is 35.5. The van der Waals surface area contributed by atoms with Gasteiger partial charge in [-0.1, -0.05) is 19.4 Å². The molecule has 3 unspecified atom stereocenters. The molecule has 3 rings (SSSR count). The molecule has 2 saturated carbocycles. The zero-order valence-electron chi connectivity index (χ0n) is 16.6. The van der Waals surface area contributed by atoms with E-state index in [1.165, 1.54) is 12.5 Å². The van der Waals surface area contributed by atoms with E-state index < -0.39 is 10.0 Å². The summed E-state index contributed by atoms with van der Waals surface area (Å²) in [5.74, 6) is 0.793. The SMILES string of the molecule is CCC(C)NS(=O)(=O)c1cccc(NC(=O)C2CC3CCCC(C2)C3N)c1.Cl. The van der Waals surface area contributed by atoms with Gasteiger partial charge in [-0.3, -0.25) is 4.79 Å². The maximum absolute atomic E-state index is 12.8. The standard InChI is InChI=1S/C20H31N3O3S.ClH/c1-3-13(2)23-27(25,26)18-9-5-8-17(12-18)22-20(24)16-10-14-6-4-7-15(11-16)19(14)21;/h5,8-9,12-16,19,23H,3-4,6-7,10-11,21H2,1-2H3,(H,22,24);1H. The number of rotatable bonds is 6. The molecule has 0 aromatic heterocycles. The Morgan fingerprint density at radius 1 is 1.25 bits per heavy atom. The zero-order valence-corrected chi connectivity index (χ0v) is 18.2. The molecule has 0 saturated heterocycles. The monoisotopic (exact) mass is 429 g/mol. The Hall–Kier alpha value is -1.15. The van der Waals surface area contributed by atoms with Gasteiger partial charge in [0.15, 0.2) is 0 Å². The van der Waals surface area contributed by atoms with E-state index in [0.717, 1.165) is 25.7 Å². The number of nitrogens with two attached hydrogens (primary N) is 1. The smallest absolute Gasteiger partial charge is 0.240 e. The summed E-state index contributed by atoms with van der Waals surface area (Å²) in [6, 6.07) is 6.55. The zero-order chi connectivity index (χ0) is 19.6. The number of carbonyl (C=O) groups is 1. The van der Waals surface area contributed by atoms with E-state index in [0.29, 0.717) is 23.9 Å². The minimum absolute atomic E-state index is 0. The number of halogens is 1. The maximum atomic E-state index is 12.8. The van der Waals surface area contributed by atoms with E-state index in [4.69, 9.17) is 5.73 Å². The highest BCUT2D eigenvalue weighted by Gasteiger charge is 2.40. The van der Waals surface area contributed by atoms with Crippen molar-refractivity contribution in [3.05, 3.63) is 24.3 Å². The predicted octanol–water partition coefficient (Wildman–Crippen LogP) is 3.28. The van der Waals surface area contributed by atoms with Crippen molar-refractivity contribution in [2.75, 3.05) is 5.32 Å². The quantitative estimate of drug-likeness (QED) is 0.645. The molecule has 28 heavy (non-hydrogen) atoms. The lowest BCUT2D eigenvalue weighted by atomic mass is 9.65. The first-order chi connectivity index (χ1) is 12.8. The van der Waals surface area contributed by atoms with Gasteiger partial charge in [0, 0.05) is 23.7 Å². The van der Waals surface area contributed by atoms with Crippen LogP contribution in [0.15, 0.2) is 29.2 Å². The maximum Gasteiger partial charge on any atom is 0.240 e. The van der Waals surface area contributed by atoms with Crippen LogP contribution in [0, 0.1) is 17.8 Å². The van der Waals surface area contributed by atoms with E-state index in [1.54, 1.807) is 18.2 Å². The van der Waals surface area contributed by atoms with E-state index in [1.807, 2.05) is 13.8 Å². The number of nitrogens with one attached hydrogen (secondary N) is 2. The Balaban J connectivity index is 0.00000280. The van der Waals surface area contributed by atoms with Crippen molar-refractivity contribution in [1.29, 1.82) is 0 Å². The molecule has 2 aliphatic rings. The number of benzene rings is 1. The van der Waals surface area contributed by atoms with Crippen molar-refractivity contribution in [3.63, 3.8) is 0 Å². The fourth-order valence-corrected chi connectivity index (χ4v) is 5.78. The number of anilines is 1. The van der Waals surface area contributed by atoms with Crippen molar-refractivity contribution >= 4 is 34.0 Å². The van der Waals surface area contributed by atoms with Crippen LogP contribution in [0.4, 0.5) is 5.69 Å². The third-order valence-electron chi connectivity index (χ3n) is 6.16. The normalized spacial score (nSPS) is 28.1. The van der Waals surface area contributed by atoms with Gasteiger partial charge in [-0.05, 0) is 69.1 Å². The number of hydrogen-bond acceptors (Lipinski definition) is 4. The largest absolute Gasteiger partial charge is 0.327 e. The number of hydrogen-bond donors (Lipinski definition) is 3. The molecule has 2 bridgehead atoms. The van der Waals surface area contributed by atoms with Gasteiger partial charge in [0.1, 0.15) is 0 Å². The van der Waals surface area contributed by atoms with Crippen LogP contribution in [0.1, 0.15) is 52.4 Å². The van der Waals surface area contributed by atoms with Crippen LogP contribution in [0.2, 0.25) is 0 Å². The Labute approximate surface area is 174 Å². The summed E-state index contributed by atoms with van der Waals surface area (Å²) in [6.45, 7) is 3.75. The van der Waals surface area contributed by atoms with E-state index in [2.05, 4.69) is 10.0 Å². The lowest BCUT2D eigenvalue weighted by Crippen LogP contribution is -2.48. The highest BCUT2D eigenvalue weighted by molar-refractivity contribution is 7.89. The Kier molecular flexibility index (Phi) is 7.90. The minimum Gasteiger partial charge on any atom is -0.327 e. The van der Waals surface area contributed by atoms with Crippen molar-refractivity contribution in [2.45, 2.75) is 69.4 Å². The fraction of sp³-hybridized carbons (Fsp3) is 0.650. The lowest BCUT2D eigenvalue weighted by Gasteiger charge is -2.43. The van der Waals surface area contributed by atoms with Crippen molar-refractivity contribution in [2.24, 2.45) is 23.5 Å². The number of amides is 1. The van der Waals surface area contributed by atoms with Crippen LogP contribution >= 0.6 is 12.4 Å². The molecule has 1 aromatic carbocycles. The van der Waals surface area contributed by atoms with Gasteiger partial charge in [0.25, 0.3) is 0 Å². The molecule has 158 valence electrons. The number of sulfonamides is 1. The second-order valence-electron chi connectivity index (χ2n) is 8.14. The molecule has 2 aliphatic carbocycles. The Morgan fingerprint density at radius 2 is 1.89 bits per heavy atom. The Bertz CT molecular complexity index is 773. The molecule has 4 N–H and O–H groups in total. The molecule has 0 heterocycles. The summed E-state index contributed by atoms with van der Waals surface area (Å²) in [4.78, 5) is 12.9. The summed E-state index contributed by atoms with van der Waals surface area (Å²) in [5.41, 5.74) is 6.83. The van der Waals surface area contributed by atoms with Gasteiger partial charge in [-0.25, -0.2) is 13.1 Å². The van der Waals surface area contributed by atoms with Gasteiger partial charge in [-0.15, -0.1) is 12.4 Å². The summed E-state index contributed by atoms with van der Waals surface area (Å²) in [7, 11) is -3.59. The van der Waals surface area contributed by atoms with Crippen LogP contribution in [0.3, 0.4) is 0 Å². The summed E-state index contributed by atoms with van der Waals surface area (Å²) < 4.78 is 27.6. The van der Waals surface area contributed by atoms with Gasteiger partial charge < -0.3 is 11.1 Å². The van der Waals surface area contributed by atoms with Crippen LogP contribution in [0.5, 0.6) is 0 Å². The fourth-order valence-electron chi connectivity index (χ4n) is 4.40. The number of fused-ring (bicyclic) bond motifs is 2. The third kappa shape index (κ3) is 5.26. The van der Waals surface area contributed by atoms with Crippen molar-refractivity contribution in [3.8, 4) is 0 Å². The van der Waals surface area contributed by atoms with Gasteiger partial charge >= 0.3 is 0 Å². The van der Waals surface area contributed by atoms with Gasteiger partial charge in [0.2, 0.25) is 15.9 Å². The molecule has 0 aliphatic heterocycles. The second-order valence-corrected chi connectivity index (χ2v) is 9.86. The average molecular weight is 430 g/mol. The second kappa shape index (κ2) is 9.57. The topological polar surface area (TPSA) is 101 Å². The molecule has 3 atom stereocenters. The predicted molar refractivity (Wildman–Crippen MR) is 114 cm³/mol. The van der Waals surface area contributed by atoms with Crippen LogP contribution in [0.25, 0.3) is 0 Å². The molecule has 6 nitrogen and oxygen atoms in total. The highest BCUT2D eigenvalue weighted by Crippen LogP contribution is 2.42. The minimum atomic E-state index is -3.59. The molecular weight excluding hydrogens is 398 g/mol. The molecule has 0 radical (unpaired) electrons. The lowest BCUT2D eigenvalue weighted by molar-refractivity contribution is -0.122. The summed E-state index contributed by atoms with van der Waals surface area (Å²) >= 11 is 0. The third-order valence-corrected chi connectivity index (χ3v) is 7.75. The first-order valence-electron chi connectivity index (χ1n) is 9.99. The molecule has 2 fully saturated rings. The van der Waals surface area contributed by atoms with Crippen molar-refractivity contribution in [1.82, 2.24) is 4.72 Å². The first-order valence-corrected chi connectivity index (χ1v) is 11.5. The molecule has 1 aromatic rings. The van der Waals surface area contributed by atoms with Crippen LogP contribution in [-0.2, 0) is 14.8 Å². The van der Waals surface area contributed by atoms with Crippen LogP contribution < -0.4 is 15.8 Å². The molecular formula is C20H32ClN3O3S. The summed E-state index contributed by atoms with van der Waals surface area (Å²) in [6.07, 6.45) is 5.79. The van der Waals surface area contributed by atoms with E-state index in [9.17, 15) is 13.2 Å². The molecule has 1 amide bonds. The van der Waals surface area contributed by atoms with E-state index >= 15 is 0 Å². The van der Waals surface area contributed by atoms with Gasteiger partial charge in [0.05, 0.1) is 4.90 Å². The van der Waals surface area contributed by atoms with E-state index in [-0.39, 0.29) is 41.2 Å². The molecule has 0 spiro atoms. The summed E-state index contributed by atoms with van der Waals surface area (Å²) in [5, 5.41) is 2.92. The molecule has 8 heteroatoms. The Morgan fingerprint density at radius 3 is 2.50 bits per heavy atom. The van der Waals surface area contributed by atoms with Crippen molar-refractivity contribution < 1.29 is 13.2 Å². The number of carbonyl (C=O) groups excluding carboxylic acids is 1. The first kappa shape index (κ1) is 23.1. The average Bonchev–Trinajstić information content (AvgIpc) is 2.61. The van der Waals surface area contributed by atoms with Gasteiger partial charge in [-0.2, -0.15) is 0 Å². The van der Waals surface area contributed by atoms with Crippen LogP contribution in [-0.4, -0.2) is 26.4 Å².